The summed E-state index contributed by atoms with van der Waals surface area (Å²) in [5, 5.41) is 0. The van der Waals surface area contributed by atoms with E-state index in [1.54, 1.807) is 0 Å². The molecule has 80 valence electrons. The number of nitrogens with two attached hydrogens (primary N) is 1. The van der Waals surface area contributed by atoms with Gasteiger partial charge in [-0.2, -0.15) is 0 Å². The maximum Gasteiger partial charge on any atom is 0.0234 e. The minimum atomic E-state index is 0.116. The van der Waals surface area contributed by atoms with E-state index in [0.717, 1.165) is 5.92 Å². The molecule has 0 aliphatic heterocycles. The first kappa shape index (κ1) is 9.86. The molecule has 0 amide bonds. The van der Waals surface area contributed by atoms with Crippen molar-refractivity contribution in [3.63, 3.8) is 0 Å². The van der Waals surface area contributed by atoms with Crippen LogP contribution in [0.3, 0.4) is 0 Å². The molecule has 3 rings (SSSR count). The molecular weight excluding hydrogens is 250 g/mol. The number of benzene rings is 1. The zero-order chi connectivity index (χ0) is 10.5. The monoisotopic (exact) mass is 265 g/mol. The van der Waals surface area contributed by atoms with Gasteiger partial charge in [0.05, 0.1) is 0 Å². The molecule has 1 aromatic carbocycles. The van der Waals surface area contributed by atoms with Crippen molar-refractivity contribution in [2.45, 2.75) is 37.1 Å². The molecule has 0 bridgehead atoms. The van der Waals surface area contributed by atoms with Gasteiger partial charge in [0.2, 0.25) is 0 Å². The van der Waals surface area contributed by atoms with E-state index in [1.165, 1.54) is 35.7 Å². The first-order valence-corrected chi connectivity index (χ1v) is 6.52. The van der Waals surface area contributed by atoms with E-state index in [9.17, 15) is 0 Å². The fourth-order valence-electron chi connectivity index (χ4n) is 2.58. The second kappa shape index (κ2) is 3.33. The van der Waals surface area contributed by atoms with Gasteiger partial charge in [-0.25, -0.2) is 0 Å². The zero-order valence-corrected chi connectivity index (χ0v) is 10.3. The predicted molar refractivity (Wildman–Crippen MR) is 65.8 cm³/mol. The molecule has 2 saturated carbocycles. The van der Waals surface area contributed by atoms with Gasteiger partial charge < -0.3 is 5.73 Å². The highest BCUT2D eigenvalue weighted by Crippen LogP contribution is 2.57. The van der Waals surface area contributed by atoms with E-state index in [1.807, 2.05) is 0 Å². The summed E-state index contributed by atoms with van der Waals surface area (Å²) in [4.78, 5) is 0. The Balaban J connectivity index is 1.77. The van der Waals surface area contributed by atoms with Gasteiger partial charge in [-0.3, -0.25) is 0 Å². The molecule has 0 heterocycles. The van der Waals surface area contributed by atoms with Crippen molar-refractivity contribution >= 4 is 15.9 Å². The molecule has 0 aromatic heterocycles. The van der Waals surface area contributed by atoms with Gasteiger partial charge in [0.25, 0.3) is 0 Å². The highest BCUT2D eigenvalue weighted by Gasteiger charge is 2.54. The summed E-state index contributed by atoms with van der Waals surface area (Å²) in [5.74, 6) is 1.52. The van der Waals surface area contributed by atoms with Crippen molar-refractivity contribution in [3.8, 4) is 0 Å². The fraction of sp³-hybridized carbons (Fsp3) is 0.538. The first-order chi connectivity index (χ1) is 7.19. The lowest BCUT2D eigenvalue weighted by molar-refractivity contribution is 0.544. The third-order valence-corrected chi connectivity index (χ3v) is 4.49. The number of hydrogen-bond acceptors (Lipinski definition) is 1. The van der Waals surface area contributed by atoms with Crippen molar-refractivity contribution in [1.29, 1.82) is 0 Å². The molecule has 2 fully saturated rings. The summed E-state index contributed by atoms with van der Waals surface area (Å²) in [7, 11) is 0. The van der Waals surface area contributed by atoms with Crippen molar-refractivity contribution in [1.82, 2.24) is 0 Å². The summed E-state index contributed by atoms with van der Waals surface area (Å²) in [5.41, 5.74) is 7.93. The van der Waals surface area contributed by atoms with Crippen LogP contribution in [0.25, 0.3) is 0 Å². The average Bonchev–Trinajstić information content (AvgIpc) is 3.08. The van der Waals surface area contributed by atoms with Crippen LogP contribution in [-0.2, 0) is 0 Å². The van der Waals surface area contributed by atoms with Crippen LogP contribution in [0, 0.1) is 5.92 Å². The minimum Gasteiger partial charge on any atom is -0.325 e. The molecule has 0 saturated heterocycles. The molecule has 0 spiro atoms. The maximum atomic E-state index is 6.41. The second-order valence-electron chi connectivity index (χ2n) is 5.16. The number of rotatable bonds is 3. The second-order valence-corrected chi connectivity index (χ2v) is 6.01. The summed E-state index contributed by atoms with van der Waals surface area (Å²) in [6.45, 7) is 0. The highest BCUT2D eigenvalue weighted by atomic mass is 79.9. The van der Waals surface area contributed by atoms with Crippen LogP contribution in [0.15, 0.2) is 28.7 Å². The molecule has 1 aromatic rings. The van der Waals surface area contributed by atoms with Gasteiger partial charge in [-0.1, -0.05) is 47.0 Å². The molecular formula is C13H16BrN. The summed E-state index contributed by atoms with van der Waals surface area (Å²) < 4.78 is 1.22. The standard InChI is InChI=1S/C13H16BrN/c14-12-4-2-1-3-10(12)11-8-13(11,15)7-9-5-6-9/h1-4,9,11H,5-8,15H2. The topological polar surface area (TPSA) is 26.0 Å². The van der Waals surface area contributed by atoms with Crippen LogP contribution in [0.1, 0.15) is 37.2 Å². The summed E-state index contributed by atoms with van der Waals surface area (Å²) in [6.07, 6.45) is 5.22. The summed E-state index contributed by atoms with van der Waals surface area (Å²) >= 11 is 3.61. The van der Waals surface area contributed by atoms with Crippen molar-refractivity contribution in [3.05, 3.63) is 34.3 Å². The van der Waals surface area contributed by atoms with E-state index in [0.29, 0.717) is 5.92 Å². The number of hydrogen-bond donors (Lipinski definition) is 1. The Morgan fingerprint density at radius 2 is 2.07 bits per heavy atom. The third-order valence-electron chi connectivity index (χ3n) is 3.76. The smallest absolute Gasteiger partial charge is 0.0234 e. The van der Waals surface area contributed by atoms with Gasteiger partial charge in [-0.05, 0) is 30.4 Å². The van der Waals surface area contributed by atoms with Crippen LogP contribution in [0.4, 0.5) is 0 Å². The molecule has 2 atom stereocenters. The lowest BCUT2D eigenvalue weighted by Gasteiger charge is -2.11. The number of halogens is 1. The third kappa shape index (κ3) is 1.85. The van der Waals surface area contributed by atoms with E-state index >= 15 is 0 Å². The van der Waals surface area contributed by atoms with E-state index in [-0.39, 0.29) is 5.54 Å². The Morgan fingerprint density at radius 3 is 2.73 bits per heavy atom. The molecule has 2 N–H and O–H groups in total. The molecule has 2 unspecified atom stereocenters. The molecule has 15 heavy (non-hydrogen) atoms. The molecule has 2 aliphatic rings. The van der Waals surface area contributed by atoms with Gasteiger partial charge in [-0.15, -0.1) is 0 Å². The van der Waals surface area contributed by atoms with Gasteiger partial charge in [0.15, 0.2) is 0 Å². The first-order valence-electron chi connectivity index (χ1n) is 5.72. The van der Waals surface area contributed by atoms with Gasteiger partial charge in [0.1, 0.15) is 0 Å². The Morgan fingerprint density at radius 1 is 1.33 bits per heavy atom. The SMILES string of the molecule is NC1(CC2CC2)CC1c1ccccc1Br. The van der Waals surface area contributed by atoms with Crippen molar-refractivity contribution in [2.24, 2.45) is 11.7 Å². The van der Waals surface area contributed by atoms with Crippen LogP contribution in [0.5, 0.6) is 0 Å². The molecule has 0 radical (unpaired) electrons. The van der Waals surface area contributed by atoms with Crippen molar-refractivity contribution < 1.29 is 0 Å². The zero-order valence-electron chi connectivity index (χ0n) is 8.75. The Bertz CT molecular complexity index is 386. The molecule has 2 aliphatic carbocycles. The lowest BCUT2D eigenvalue weighted by Crippen LogP contribution is -2.25. The quantitative estimate of drug-likeness (QED) is 0.891. The predicted octanol–water partition coefficient (Wildman–Crippen LogP) is 3.43. The van der Waals surface area contributed by atoms with Crippen LogP contribution in [-0.4, -0.2) is 5.54 Å². The summed E-state index contributed by atoms with van der Waals surface area (Å²) in [6, 6.07) is 8.49. The van der Waals surface area contributed by atoms with E-state index < -0.39 is 0 Å². The van der Waals surface area contributed by atoms with E-state index in [2.05, 4.69) is 40.2 Å². The van der Waals surface area contributed by atoms with Crippen molar-refractivity contribution in [2.75, 3.05) is 0 Å². The highest BCUT2D eigenvalue weighted by molar-refractivity contribution is 9.10. The normalized spacial score (nSPS) is 34.1. The molecule has 2 heteroatoms. The Hall–Kier alpha value is -0.340. The fourth-order valence-corrected chi connectivity index (χ4v) is 3.14. The largest absolute Gasteiger partial charge is 0.325 e. The average molecular weight is 266 g/mol. The maximum absolute atomic E-state index is 6.41. The Kier molecular flexibility index (Phi) is 2.18. The van der Waals surface area contributed by atoms with Crippen LogP contribution >= 0.6 is 15.9 Å². The Labute approximate surface area is 99.2 Å². The van der Waals surface area contributed by atoms with Crippen LogP contribution < -0.4 is 5.73 Å². The lowest BCUT2D eigenvalue weighted by atomic mass is 10.0. The molecule has 1 nitrogen and oxygen atoms in total. The van der Waals surface area contributed by atoms with Gasteiger partial charge >= 0.3 is 0 Å². The van der Waals surface area contributed by atoms with Crippen LogP contribution in [0.2, 0.25) is 0 Å². The van der Waals surface area contributed by atoms with E-state index in [4.69, 9.17) is 5.73 Å². The van der Waals surface area contributed by atoms with Gasteiger partial charge in [0, 0.05) is 15.9 Å². The minimum absolute atomic E-state index is 0.116.